The lowest BCUT2D eigenvalue weighted by molar-refractivity contribution is 0.0132. The van der Waals surface area contributed by atoms with Crippen LogP contribution in [0.25, 0.3) is 0 Å². The molecule has 2 heterocycles. The van der Waals surface area contributed by atoms with Crippen molar-refractivity contribution < 1.29 is 4.74 Å². The standard InChI is InChI=1S/C18H33N5OS.HI/c1-13(2)10-16(23-6-8-24-9-7-23)11-20-18(19-5)21-12-17-22-14(3)15(4)25-17;/h13,16H,6-12H2,1-5H3,(H2,19,20,21);1H. The molecule has 1 aromatic heterocycles. The van der Waals surface area contributed by atoms with Crippen molar-refractivity contribution in [1.82, 2.24) is 20.5 Å². The molecule has 150 valence electrons. The van der Waals surface area contributed by atoms with E-state index in [4.69, 9.17) is 4.74 Å². The number of guanidine groups is 1. The summed E-state index contributed by atoms with van der Waals surface area (Å²) in [6.07, 6.45) is 1.18. The van der Waals surface area contributed by atoms with Crippen molar-refractivity contribution >= 4 is 41.3 Å². The molecule has 0 aromatic carbocycles. The number of hydrogen-bond acceptors (Lipinski definition) is 5. The van der Waals surface area contributed by atoms with Gasteiger partial charge in [-0.15, -0.1) is 35.3 Å². The molecule has 8 heteroatoms. The zero-order valence-corrected chi connectivity index (χ0v) is 19.8. The molecule has 0 bridgehead atoms. The third-order valence-electron chi connectivity index (χ3n) is 4.51. The molecule has 1 atom stereocenters. The Morgan fingerprint density at radius 3 is 2.50 bits per heavy atom. The number of rotatable bonds is 7. The average molecular weight is 495 g/mol. The van der Waals surface area contributed by atoms with E-state index in [9.17, 15) is 0 Å². The Hall–Kier alpha value is -0.450. The number of nitrogens with zero attached hydrogens (tertiary/aromatic N) is 3. The summed E-state index contributed by atoms with van der Waals surface area (Å²) < 4.78 is 5.50. The summed E-state index contributed by atoms with van der Waals surface area (Å²) in [7, 11) is 1.82. The lowest BCUT2D eigenvalue weighted by Crippen LogP contribution is -2.50. The van der Waals surface area contributed by atoms with Crippen molar-refractivity contribution in [2.75, 3.05) is 39.9 Å². The van der Waals surface area contributed by atoms with Gasteiger partial charge in [0.1, 0.15) is 5.01 Å². The van der Waals surface area contributed by atoms with Crippen molar-refractivity contribution in [3.63, 3.8) is 0 Å². The van der Waals surface area contributed by atoms with Gasteiger partial charge in [0.2, 0.25) is 0 Å². The van der Waals surface area contributed by atoms with Gasteiger partial charge in [0.15, 0.2) is 5.96 Å². The van der Waals surface area contributed by atoms with Crippen LogP contribution in [0.15, 0.2) is 4.99 Å². The van der Waals surface area contributed by atoms with Gasteiger partial charge in [-0.1, -0.05) is 13.8 Å². The highest BCUT2D eigenvalue weighted by Crippen LogP contribution is 2.16. The topological polar surface area (TPSA) is 61.8 Å². The molecule has 1 aromatic rings. The second kappa shape index (κ2) is 12.1. The quantitative estimate of drug-likeness (QED) is 0.346. The number of ether oxygens (including phenoxy) is 1. The number of morpholine rings is 1. The molecule has 1 aliphatic heterocycles. The van der Waals surface area contributed by atoms with Crippen LogP contribution in [0.1, 0.15) is 35.8 Å². The molecule has 0 amide bonds. The fraction of sp³-hybridized carbons (Fsp3) is 0.778. The predicted molar refractivity (Wildman–Crippen MR) is 121 cm³/mol. The molecule has 1 fully saturated rings. The average Bonchev–Trinajstić information content (AvgIpc) is 2.92. The fourth-order valence-corrected chi connectivity index (χ4v) is 3.93. The van der Waals surface area contributed by atoms with Crippen LogP contribution in [0.5, 0.6) is 0 Å². The van der Waals surface area contributed by atoms with E-state index in [0.29, 0.717) is 18.5 Å². The van der Waals surface area contributed by atoms with Crippen molar-refractivity contribution in [1.29, 1.82) is 0 Å². The molecular formula is C18H34IN5OS. The summed E-state index contributed by atoms with van der Waals surface area (Å²) in [5, 5.41) is 7.98. The van der Waals surface area contributed by atoms with E-state index in [1.165, 1.54) is 11.3 Å². The van der Waals surface area contributed by atoms with Crippen molar-refractivity contribution in [3.05, 3.63) is 15.6 Å². The summed E-state index contributed by atoms with van der Waals surface area (Å²) in [5.74, 6) is 1.51. The highest BCUT2D eigenvalue weighted by molar-refractivity contribution is 14.0. The fourth-order valence-electron chi connectivity index (χ4n) is 3.06. The van der Waals surface area contributed by atoms with Gasteiger partial charge in [-0.25, -0.2) is 4.98 Å². The Labute approximate surface area is 179 Å². The minimum absolute atomic E-state index is 0. The molecule has 6 nitrogen and oxygen atoms in total. The van der Waals surface area contributed by atoms with Crippen LogP contribution in [0.3, 0.4) is 0 Å². The van der Waals surface area contributed by atoms with Crippen LogP contribution in [0, 0.1) is 19.8 Å². The molecule has 0 saturated carbocycles. The van der Waals surface area contributed by atoms with Gasteiger partial charge < -0.3 is 15.4 Å². The van der Waals surface area contributed by atoms with Crippen molar-refractivity contribution in [2.24, 2.45) is 10.9 Å². The highest BCUT2D eigenvalue weighted by atomic mass is 127. The van der Waals surface area contributed by atoms with E-state index in [1.807, 2.05) is 7.05 Å². The maximum Gasteiger partial charge on any atom is 0.191 e. The van der Waals surface area contributed by atoms with E-state index >= 15 is 0 Å². The van der Waals surface area contributed by atoms with Gasteiger partial charge >= 0.3 is 0 Å². The van der Waals surface area contributed by atoms with Crippen LogP contribution in [-0.4, -0.2) is 61.8 Å². The first kappa shape index (κ1) is 23.6. The van der Waals surface area contributed by atoms with Gasteiger partial charge in [-0.3, -0.25) is 9.89 Å². The number of hydrogen-bond donors (Lipinski definition) is 2. The number of nitrogens with one attached hydrogen (secondary N) is 2. The lowest BCUT2D eigenvalue weighted by Gasteiger charge is -2.35. The van der Waals surface area contributed by atoms with Gasteiger partial charge in [0.05, 0.1) is 25.5 Å². The third-order valence-corrected chi connectivity index (χ3v) is 5.59. The Kier molecular flexibility index (Phi) is 11.0. The van der Waals surface area contributed by atoms with E-state index in [-0.39, 0.29) is 24.0 Å². The number of aromatic nitrogens is 1. The minimum Gasteiger partial charge on any atom is -0.379 e. The third kappa shape index (κ3) is 7.66. The Morgan fingerprint density at radius 1 is 1.27 bits per heavy atom. The van der Waals surface area contributed by atoms with Gasteiger partial charge in [-0.2, -0.15) is 0 Å². The van der Waals surface area contributed by atoms with Gasteiger partial charge in [0.25, 0.3) is 0 Å². The van der Waals surface area contributed by atoms with Crippen LogP contribution in [0.4, 0.5) is 0 Å². The van der Waals surface area contributed by atoms with E-state index in [0.717, 1.165) is 49.5 Å². The summed E-state index contributed by atoms with van der Waals surface area (Å²) in [5.41, 5.74) is 1.12. The smallest absolute Gasteiger partial charge is 0.191 e. The molecule has 0 spiro atoms. The minimum atomic E-state index is 0. The number of thiazole rings is 1. The van der Waals surface area contributed by atoms with E-state index in [1.54, 1.807) is 11.3 Å². The Balaban J connectivity index is 0.00000338. The van der Waals surface area contributed by atoms with Crippen LogP contribution in [0.2, 0.25) is 0 Å². The first-order chi connectivity index (χ1) is 12.0. The molecule has 2 N–H and O–H groups in total. The zero-order chi connectivity index (χ0) is 18.2. The van der Waals surface area contributed by atoms with Crippen molar-refractivity contribution in [3.8, 4) is 0 Å². The number of halogens is 1. The Bertz CT molecular complexity index is 538. The van der Waals surface area contributed by atoms with Crippen LogP contribution in [-0.2, 0) is 11.3 Å². The van der Waals surface area contributed by atoms with Crippen LogP contribution < -0.4 is 10.6 Å². The second-order valence-electron chi connectivity index (χ2n) is 6.99. The molecular weight excluding hydrogens is 461 g/mol. The number of aryl methyl sites for hydroxylation is 2. The summed E-state index contributed by atoms with van der Waals surface area (Å²) in [6, 6.07) is 0.506. The maximum absolute atomic E-state index is 5.50. The lowest BCUT2D eigenvalue weighted by atomic mass is 10.0. The first-order valence-corrected chi connectivity index (χ1v) is 10.0. The number of aliphatic imine (C=N–C) groups is 1. The normalized spacial score (nSPS) is 17.1. The van der Waals surface area contributed by atoms with E-state index < -0.39 is 0 Å². The zero-order valence-electron chi connectivity index (χ0n) is 16.7. The molecule has 2 rings (SSSR count). The summed E-state index contributed by atoms with van der Waals surface area (Å²) >= 11 is 1.74. The predicted octanol–water partition coefficient (Wildman–Crippen LogP) is 2.79. The molecule has 1 aliphatic rings. The molecule has 0 aliphatic carbocycles. The SMILES string of the molecule is CN=C(NCc1nc(C)c(C)s1)NCC(CC(C)C)N1CCOCC1.I. The maximum atomic E-state index is 5.50. The van der Waals surface area contributed by atoms with Gasteiger partial charge in [-0.05, 0) is 26.2 Å². The molecule has 1 unspecified atom stereocenters. The van der Waals surface area contributed by atoms with Gasteiger partial charge in [0, 0.05) is 37.6 Å². The molecule has 26 heavy (non-hydrogen) atoms. The first-order valence-electron chi connectivity index (χ1n) is 9.18. The van der Waals surface area contributed by atoms with E-state index in [2.05, 4.69) is 53.2 Å². The Morgan fingerprint density at radius 2 is 1.96 bits per heavy atom. The summed E-state index contributed by atoms with van der Waals surface area (Å²) in [6.45, 7) is 14.1. The van der Waals surface area contributed by atoms with Crippen LogP contribution >= 0.6 is 35.3 Å². The monoisotopic (exact) mass is 495 g/mol. The second-order valence-corrected chi connectivity index (χ2v) is 8.28. The highest BCUT2D eigenvalue weighted by Gasteiger charge is 2.22. The molecule has 1 saturated heterocycles. The molecule has 0 radical (unpaired) electrons. The van der Waals surface area contributed by atoms with Crippen molar-refractivity contribution in [2.45, 2.75) is 46.7 Å². The largest absolute Gasteiger partial charge is 0.379 e. The summed E-state index contributed by atoms with van der Waals surface area (Å²) in [4.78, 5) is 12.8.